The predicted molar refractivity (Wildman–Crippen MR) is 325 cm³/mol. The molecule has 3 aromatic carbocycles. The molecule has 0 radical (unpaired) electrons. The molecule has 0 aromatic heterocycles. The maximum atomic E-state index is 15.8. The molecule has 464 valence electrons. The van der Waals surface area contributed by atoms with Gasteiger partial charge >= 0.3 is 30.0 Å². The van der Waals surface area contributed by atoms with Crippen molar-refractivity contribution >= 4 is 41.7 Å². The van der Waals surface area contributed by atoms with E-state index in [1.807, 2.05) is 12.2 Å². The zero-order valence-electron chi connectivity index (χ0n) is 50.8. The van der Waals surface area contributed by atoms with Crippen LogP contribution in [-0.4, -0.2) is 113 Å². The topological polar surface area (TPSA) is 237 Å². The number of amides is 1. The van der Waals surface area contributed by atoms with Gasteiger partial charge in [0.1, 0.15) is 30.0 Å². The molecule has 11 atom stereocenters. The Balaban J connectivity index is 1.17. The van der Waals surface area contributed by atoms with Gasteiger partial charge in [-0.05, 0) is 106 Å². The summed E-state index contributed by atoms with van der Waals surface area (Å²) in [5.74, 6) is -7.08. The molecule has 1 aliphatic heterocycles. The Hall–Kier alpha value is -7.99. The fraction of sp³-hybridized carbons (Fsp3) is 0.443. The quantitative estimate of drug-likeness (QED) is 0.0293. The SMILES string of the molecule is CC/C=C\C/C=C\C/C=C\C/C=C\C/C=C\C/C=C\CCCOC(=O)OC(C(=O)OC1C[C@@]2(O)[C@@H](OC(=O)c3ccccc3)[C@@H]3C4(OC(C)=O)CO[C@@H]4C[C@H](O)[C@@]3(C)C(=O)[C@H](OC(C)=O)C(=C1C)C2(C)C)[C@H](NC(=O)c1ccccc1)c1ccccc1. The lowest BCUT2D eigenvalue weighted by molar-refractivity contribution is -0.346. The van der Waals surface area contributed by atoms with Crippen LogP contribution in [0.1, 0.15) is 145 Å². The second kappa shape index (κ2) is 30.6. The highest BCUT2D eigenvalue weighted by atomic mass is 16.7. The fourth-order valence-corrected chi connectivity index (χ4v) is 12.4. The second-order valence-electron chi connectivity index (χ2n) is 23.1. The van der Waals surface area contributed by atoms with Crippen LogP contribution in [0.25, 0.3) is 0 Å². The minimum Gasteiger partial charge on any atom is -0.455 e. The van der Waals surface area contributed by atoms with Gasteiger partial charge in [0.15, 0.2) is 17.5 Å². The van der Waals surface area contributed by atoms with Gasteiger partial charge in [-0.2, -0.15) is 0 Å². The van der Waals surface area contributed by atoms with Gasteiger partial charge in [0.25, 0.3) is 5.91 Å². The number of benzene rings is 3. The molecule has 0 spiro atoms. The third-order valence-electron chi connectivity index (χ3n) is 17.0. The number of aliphatic hydroxyl groups excluding tert-OH is 1. The molecule has 17 heteroatoms. The van der Waals surface area contributed by atoms with Crippen LogP contribution in [0.2, 0.25) is 0 Å². The van der Waals surface area contributed by atoms with E-state index in [9.17, 15) is 34.2 Å². The number of hydrogen-bond donors (Lipinski definition) is 3. The van der Waals surface area contributed by atoms with Crippen molar-refractivity contribution in [3.63, 3.8) is 0 Å². The Labute approximate surface area is 510 Å². The second-order valence-corrected chi connectivity index (χ2v) is 23.1. The van der Waals surface area contributed by atoms with Crippen molar-refractivity contribution in [2.45, 2.75) is 167 Å². The number of fused-ring (bicyclic) bond motifs is 5. The van der Waals surface area contributed by atoms with Crippen LogP contribution >= 0.6 is 0 Å². The standard InChI is InChI=1S/C70H83NO16/c1-8-9-10-11-12-13-14-15-16-17-18-19-20-21-22-23-24-25-26-36-43-81-66(79)85-59(57(50-37-30-27-31-38-50)71-63(76)51-39-32-28-33-40-51)65(78)84-53-45-70(80)62(86-64(77)52-41-34-29-35-42-52)60-68(7,54(74)44-55-69(60,46-82-55)87-49(4)73)61(75)58(83-48(3)72)56(47(53)2)67(70,5)6/h9-10,12-13,15-16,18-19,21-22,24-25,27-35,37-42,53-55,57-60,62,74,80H,8,11,14,17,20,23,26,36,43-46H2,1-7H3,(H,71,76)/b10-9-,13-12-,16-15-,19-18-,22-21-,25-24-/t53?,54-,55+,57+,58+,59?,60-,62-,68+,69?,70+/m0/s1. The molecule has 3 aromatic rings. The van der Waals surface area contributed by atoms with Crippen LogP contribution in [0.3, 0.4) is 0 Å². The van der Waals surface area contributed by atoms with Crippen molar-refractivity contribution in [1.29, 1.82) is 0 Å². The molecule has 1 saturated heterocycles. The Morgan fingerprint density at radius 3 is 1.78 bits per heavy atom. The molecule has 1 heterocycles. The number of esters is 4. The number of allylic oxidation sites excluding steroid dienone is 12. The number of aliphatic hydroxyl groups is 2. The smallest absolute Gasteiger partial charge is 0.455 e. The maximum Gasteiger partial charge on any atom is 0.509 e. The Bertz CT molecular complexity index is 3110. The monoisotopic (exact) mass is 1190 g/mol. The highest BCUT2D eigenvalue weighted by molar-refractivity contribution is 5.96. The van der Waals surface area contributed by atoms with Crippen LogP contribution in [-0.2, 0) is 52.3 Å². The summed E-state index contributed by atoms with van der Waals surface area (Å²) < 4.78 is 42.5. The number of ether oxygens (including phenoxy) is 7. The van der Waals surface area contributed by atoms with Crippen LogP contribution in [0.15, 0.2) is 175 Å². The van der Waals surface area contributed by atoms with Gasteiger partial charge in [-0.15, -0.1) is 0 Å². The number of Topliss-reactive ketones (excluding diaryl/α,β-unsaturated/α-hetero) is 1. The number of rotatable bonds is 26. The molecule has 3 fully saturated rings. The number of carbonyl (C=O) groups excluding carboxylic acids is 7. The summed E-state index contributed by atoms with van der Waals surface area (Å²) in [6.07, 6.45) is 19.4. The summed E-state index contributed by atoms with van der Waals surface area (Å²) in [7, 11) is 0. The normalized spacial score (nSPS) is 26.6. The van der Waals surface area contributed by atoms with E-state index >= 15 is 9.59 Å². The molecule has 87 heavy (non-hydrogen) atoms. The van der Waals surface area contributed by atoms with E-state index in [1.54, 1.807) is 92.7 Å². The lowest BCUT2D eigenvalue weighted by atomic mass is 9.44. The summed E-state index contributed by atoms with van der Waals surface area (Å²) >= 11 is 0. The first-order chi connectivity index (χ1) is 41.7. The molecule has 3 aliphatic carbocycles. The summed E-state index contributed by atoms with van der Waals surface area (Å²) in [6.45, 7) is 9.92. The first kappa shape index (κ1) is 66.5. The highest BCUT2D eigenvalue weighted by Gasteiger charge is 2.78. The summed E-state index contributed by atoms with van der Waals surface area (Å²) in [6, 6.07) is 22.8. The van der Waals surface area contributed by atoms with E-state index in [0.29, 0.717) is 24.8 Å². The first-order valence-corrected chi connectivity index (χ1v) is 30.0. The Morgan fingerprint density at radius 2 is 1.25 bits per heavy atom. The van der Waals surface area contributed by atoms with E-state index < -0.39 is 119 Å². The number of hydrogen-bond acceptors (Lipinski definition) is 16. The van der Waals surface area contributed by atoms with Gasteiger partial charge in [-0.25, -0.2) is 14.4 Å². The van der Waals surface area contributed by atoms with Gasteiger partial charge in [0.05, 0.1) is 36.2 Å². The number of unbranched alkanes of at least 4 members (excludes halogenated alkanes) is 1. The van der Waals surface area contributed by atoms with Crippen LogP contribution in [0.5, 0.6) is 0 Å². The van der Waals surface area contributed by atoms with E-state index in [1.165, 1.54) is 26.0 Å². The van der Waals surface area contributed by atoms with E-state index in [4.69, 9.17) is 33.2 Å². The van der Waals surface area contributed by atoms with Crippen molar-refractivity contribution in [2.75, 3.05) is 13.2 Å². The Kier molecular flexibility index (Phi) is 23.4. The van der Waals surface area contributed by atoms with Gasteiger partial charge in [0, 0.05) is 37.7 Å². The van der Waals surface area contributed by atoms with Crippen molar-refractivity contribution < 1.29 is 76.9 Å². The molecular weight excluding hydrogens is 1110 g/mol. The van der Waals surface area contributed by atoms with E-state index in [-0.39, 0.29) is 41.9 Å². The lowest BCUT2D eigenvalue weighted by Gasteiger charge is -2.67. The Morgan fingerprint density at radius 1 is 0.713 bits per heavy atom. The highest BCUT2D eigenvalue weighted by Crippen LogP contribution is 2.64. The molecule has 2 bridgehead atoms. The van der Waals surface area contributed by atoms with Gasteiger partial charge < -0.3 is 48.7 Å². The summed E-state index contributed by atoms with van der Waals surface area (Å²) in [5, 5.41) is 29.2. The third kappa shape index (κ3) is 15.6. The molecule has 2 saturated carbocycles. The zero-order valence-corrected chi connectivity index (χ0v) is 50.8. The number of nitrogens with one attached hydrogen (secondary N) is 1. The average Bonchev–Trinajstić information content (AvgIpc) is 0.682. The summed E-state index contributed by atoms with van der Waals surface area (Å²) in [5.41, 5.74) is -7.52. The van der Waals surface area contributed by atoms with Crippen molar-refractivity contribution in [3.05, 3.63) is 192 Å². The molecule has 4 aliphatic rings. The fourth-order valence-electron chi connectivity index (χ4n) is 12.4. The van der Waals surface area contributed by atoms with E-state index in [2.05, 4.69) is 73.0 Å². The van der Waals surface area contributed by atoms with Crippen LogP contribution < -0.4 is 5.32 Å². The molecule has 3 N–H and O–H groups in total. The summed E-state index contributed by atoms with van der Waals surface area (Å²) in [4.78, 5) is 100. The van der Waals surface area contributed by atoms with Crippen LogP contribution in [0.4, 0.5) is 4.79 Å². The van der Waals surface area contributed by atoms with Crippen molar-refractivity contribution in [1.82, 2.24) is 5.32 Å². The van der Waals surface area contributed by atoms with Crippen molar-refractivity contribution in [2.24, 2.45) is 16.7 Å². The molecular formula is C70H83NO16. The third-order valence-corrected chi connectivity index (χ3v) is 17.0. The minimum atomic E-state index is -2.48. The first-order valence-electron chi connectivity index (χ1n) is 30.0. The van der Waals surface area contributed by atoms with Gasteiger partial charge in [0.2, 0.25) is 6.10 Å². The maximum absolute atomic E-state index is 15.8. The van der Waals surface area contributed by atoms with Crippen molar-refractivity contribution in [3.8, 4) is 0 Å². The molecule has 3 unspecified atom stereocenters. The molecule has 1 amide bonds. The van der Waals surface area contributed by atoms with E-state index in [0.717, 1.165) is 46.0 Å². The van der Waals surface area contributed by atoms with Gasteiger partial charge in [-0.3, -0.25) is 19.2 Å². The van der Waals surface area contributed by atoms with Gasteiger partial charge in [-0.1, -0.05) is 160 Å². The average molecular weight is 1190 g/mol. The number of carbonyl (C=O) groups is 7. The molecule has 17 nitrogen and oxygen atoms in total. The minimum absolute atomic E-state index is 0.0434. The lowest BCUT2D eigenvalue weighted by Crippen LogP contribution is -2.82. The number of ketones is 1. The van der Waals surface area contributed by atoms with Crippen LogP contribution in [0, 0.1) is 16.7 Å². The zero-order chi connectivity index (χ0) is 62.8. The predicted octanol–water partition coefficient (Wildman–Crippen LogP) is 11.4. The largest absolute Gasteiger partial charge is 0.509 e. The molecule has 7 rings (SSSR count).